The van der Waals surface area contributed by atoms with E-state index < -0.39 is 5.72 Å². The zero-order valence-electron chi connectivity index (χ0n) is 17.3. The fourth-order valence-corrected chi connectivity index (χ4v) is 5.00. The van der Waals surface area contributed by atoms with Crippen LogP contribution in [-0.2, 0) is 6.54 Å². The van der Waals surface area contributed by atoms with E-state index in [9.17, 15) is 9.59 Å². The third kappa shape index (κ3) is 3.55. The number of carbonyl (C=O) groups is 2. The van der Waals surface area contributed by atoms with Crippen LogP contribution in [-0.4, -0.2) is 17.7 Å². The van der Waals surface area contributed by atoms with Crippen LogP contribution in [0.5, 0.6) is 5.75 Å². The van der Waals surface area contributed by atoms with Gasteiger partial charge in [0.25, 0.3) is 5.91 Å². The summed E-state index contributed by atoms with van der Waals surface area (Å²) in [5, 5.41) is 8.02. The first-order valence-electron chi connectivity index (χ1n) is 10.2. The van der Waals surface area contributed by atoms with Crippen molar-refractivity contribution >= 4 is 29.0 Å². The maximum absolute atomic E-state index is 13.1. The third-order valence-electron chi connectivity index (χ3n) is 5.80. The standard InChI is InChI=1S/C24H23N3O3S/c1-15-8-9-21-19(11-15)20-13-24(2,30-21)27(23(29)26-20)17-6-3-5-16(12-17)22(28)25-14-18-7-4-10-31-18/h3-12,20H,13-14H2,1-2H3,(H,25,28)(H,26,29)/t20-,24-/m1/s1. The van der Waals surface area contributed by atoms with Gasteiger partial charge in [-0.2, -0.15) is 0 Å². The molecular formula is C24H23N3O3S. The summed E-state index contributed by atoms with van der Waals surface area (Å²) >= 11 is 1.60. The average Bonchev–Trinajstić information content (AvgIpc) is 3.26. The highest BCUT2D eigenvalue weighted by Gasteiger charge is 2.49. The van der Waals surface area contributed by atoms with Crippen molar-refractivity contribution in [3.63, 3.8) is 0 Å². The lowest BCUT2D eigenvalue weighted by atomic mass is 9.89. The lowest BCUT2D eigenvalue weighted by molar-refractivity contribution is 0.0378. The quantitative estimate of drug-likeness (QED) is 0.623. The average molecular weight is 434 g/mol. The largest absolute Gasteiger partial charge is 0.467 e. The van der Waals surface area contributed by atoms with Gasteiger partial charge in [0.1, 0.15) is 5.75 Å². The first-order chi connectivity index (χ1) is 14.9. The van der Waals surface area contributed by atoms with Crippen LogP contribution in [0.15, 0.2) is 60.0 Å². The van der Waals surface area contributed by atoms with E-state index in [4.69, 9.17) is 4.74 Å². The molecule has 3 amide bonds. The molecule has 0 unspecified atom stereocenters. The minimum Gasteiger partial charge on any atom is -0.467 e. The summed E-state index contributed by atoms with van der Waals surface area (Å²) in [6, 6.07) is 16.7. The predicted octanol–water partition coefficient (Wildman–Crippen LogP) is 4.76. The Labute approximate surface area is 184 Å². The Bertz CT molecular complexity index is 1160. The van der Waals surface area contributed by atoms with Gasteiger partial charge in [-0.05, 0) is 49.6 Å². The van der Waals surface area contributed by atoms with Crippen molar-refractivity contribution in [2.75, 3.05) is 4.90 Å². The Morgan fingerprint density at radius 3 is 2.94 bits per heavy atom. The van der Waals surface area contributed by atoms with Gasteiger partial charge in [-0.1, -0.05) is 29.8 Å². The van der Waals surface area contributed by atoms with Gasteiger partial charge in [-0.15, -0.1) is 11.3 Å². The molecule has 3 heterocycles. The Balaban J connectivity index is 1.42. The fraction of sp³-hybridized carbons (Fsp3) is 0.250. The number of nitrogens with zero attached hydrogens (tertiary/aromatic N) is 1. The monoisotopic (exact) mass is 433 g/mol. The number of amides is 3. The van der Waals surface area contributed by atoms with Crippen molar-refractivity contribution in [2.24, 2.45) is 0 Å². The van der Waals surface area contributed by atoms with Crippen LogP contribution in [0, 0.1) is 6.92 Å². The molecule has 0 aliphatic carbocycles. The van der Waals surface area contributed by atoms with Crippen LogP contribution in [0.25, 0.3) is 0 Å². The van der Waals surface area contributed by atoms with Crippen molar-refractivity contribution in [2.45, 2.75) is 38.6 Å². The van der Waals surface area contributed by atoms with Gasteiger partial charge in [0.2, 0.25) is 0 Å². The summed E-state index contributed by atoms with van der Waals surface area (Å²) in [7, 11) is 0. The van der Waals surface area contributed by atoms with Crippen molar-refractivity contribution in [1.82, 2.24) is 10.6 Å². The van der Waals surface area contributed by atoms with Crippen molar-refractivity contribution in [3.8, 4) is 5.75 Å². The number of ether oxygens (including phenoxy) is 1. The number of urea groups is 1. The van der Waals surface area contributed by atoms with E-state index in [1.54, 1.807) is 34.4 Å². The second-order valence-corrected chi connectivity index (χ2v) is 9.20. The van der Waals surface area contributed by atoms with Crippen LogP contribution >= 0.6 is 11.3 Å². The topological polar surface area (TPSA) is 70.7 Å². The second kappa shape index (κ2) is 7.42. The van der Waals surface area contributed by atoms with E-state index >= 15 is 0 Å². The number of rotatable bonds is 4. The molecule has 3 aromatic rings. The van der Waals surface area contributed by atoms with Crippen LogP contribution in [0.1, 0.15) is 45.7 Å². The number of anilines is 1. The van der Waals surface area contributed by atoms with E-state index in [-0.39, 0.29) is 18.0 Å². The lowest BCUT2D eigenvalue weighted by Gasteiger charge is -2.50. The van der Waals surface area contributed by atoms with Gasteiger partial charge in [-0.3, -0.25) is 9.69 Å². The minimum absolute atomic E-state index is 0.102. The Morgan fingerprint density at radius 2 is 2.13 bits per heavy atom. The molecule has 2 atom stereocenters. The van der Waals surface area contributed by atoms with E-state index in [0.717, 1.165) is 21.8 Å². The van der Waals surface area contributed by atoms with Crippen LogP contribution in [0.4, 0.5) is 10.5 Å². The Kier molecular flexibility index (Phi) is 4.70. The summed E-state index contributed by atoms with van der Waals surface area (Å²) in [5.41, 5.74) is 2.41. The maximum atomic E-state index is 13.1. The zero-order chi connectivity index (χ0) is 21.6. The third-order valence-corrected chi connectivity index (χ3v) is 6.67. The molecule has 158 valence electrons. The molecule has 7 heteroatoms. The van der Waals surface area contributed by atoms with Crippen LogP contribution < -0.4 is 20.3 Å². The van der Waals surface area contributed by atoms with E-state index in [0.29, 0.717) is 24.2 Å². The first-order valence-corrected chi connectivity index (χ1v) is 11.1. The summed E-state index contributed by atoms with van der Waals surface area (Å²) in [4.78, 5) is 28.5. The Hall–Kier alpha value is -3.32. The molecule has 5 rings (SSSR count). The molecule has 0 saturated carbocycles. The van der Waals surface area contributed by atoms with E-state index in [1.165, 1.54) is 0 Å². The van der Waals surface area contributed by atoms with Crippen molar-refractivity contribution in [1.29, 1.82) is 0 Å². The van der Waals surface area contributed by atoms with Gasteiger partial charge in [0.15, 0.2) is 5.72 Å². The molecule has 2 aliphatic rings. The normalized spacial score (nSPS) is 21.7. The summed E-state index contributed by atoms with van der Waals surface area (Å²) < 4.78 is 6.35. The molecule has 2 aromatic carbocycles. The summed E-state index contributed by atoms with van der Waals surface area (Å²) in [6.45, 7) is 4.43. The van der Waals surface area contributed by atoms with Gasteiger partial charge in [-0.25, -0.2) is 4.79 Å². The molecule has 1 aromatic heterocycles. The van der Waals surface area contributed by atoms with Crippen molar-refractivity contribution in [3.05, 3.63) is 81.5 Å². The van der Waals surface area contributed by atoms with Gasteiger partial charge in [0, 0.05) is 22.4 Å². The number of aryl methyl sites for hydroxylation is 1. The summed E-state index contributed by atoms with van der Waals surface area (Å²) in [6.07, 6.45) is 0.615. The minimum atomic E-state index is -0.846. The van der Waals surface area contributed by atoms with Gasteiger partial charge >= 0.3 is 6.03 Å². The van der Waals surface area contributed by atoms with Gasteiger partial charge in [0.05, 0.1) is 18.3 Å². The number of hydrogen-bond donors (Lipinski definition) is 2. The van der Waals surface area contributed by atoms with Crippen LogP contribution in [0.2, 0.25) is 0 Å². The SMILES string of the molecule is Cc1ccc2c(c1)[C@H]1C[C@@](C)(O2)N(c2cccc(C(=O)NCc3cccs3)c2)C(=O)N1. The van der Waals surface area contributed by atoms with E-state index in [1.807, 2.05) is 49.6 Å². The highest BCUT2D eigenvalue weighted by molar-refractivity contribution is 7.09. The molecule has 6 nitrogen and oxygen atoms in total. The maximum Gasteiger partial charge on any atom is 0.325 e. The highest BCUT2D eigenvalue weighted by Crippen LogP contribution is 2.45. The molecule has 1 fully saturated rings. The lowest BCUT2D eigenvalue weighted by Crippen LogP contribution is -2.65. The Morgan fingerprint density at radius 1 is 1.26 bits per heavy atom. The smallest absolute Gasteiger partial charge is 0.325 e. The number of fused-ring (bicyclic) bond motifs is 4. The molecular weight excluding hydrogens is 410 g/mol. The molecule has 2 N–H and O–H groups in total. The molecule has 2 bridgehead atoms. The molecule has 0 radical (unpaired) electrons. The zero-order valence-corrected chi connectivity index (χ0v) is 18.2. The number of carbonyl (C=O) groups excluding carboxylic acids is 2. The van der Waals surface area contributed by atoms with Gasteiger partial charge < -0.3 is 15.4 Å². The van der Waals surface area contributed by atoms with Crippen molar-refractivity contribution < 1.29 is 14.3 Å². The molecule has 31 heavy (non-hydrogen) atoms. The predicted molar refractivity (Wildman–Crippen MR) is 121 cm³/mol. The molecule has 2 aliphatic heterocycles. The number of benzene rings is 2. The number of hydrogen-bond acceptors (Lipinski definition) is 4. The number of thiophene rings is 1. The van der Waals surface area contributed by atoms with Crippen LogP contribution in [0.3, 0.4) is 0 Å². The highest BCUT2D eigenvalue weighted by atomic mass is 32.1. The summed E-state index contributed by atoms with van der Waals surface area (Å²) in [5.74, 6) is 0.597. The molecule has 1 saturated heterocycles. The first kappa shape index (κ1) is 19.6. The molecule has 0 spiro atoms. The number of nitrogens with one attached hydrogen (secondary N) is 2. The fourth-order valence-electron chi connectivity index (χ4n) is 4.35. The second-order valence-electron chi connectivity index (χ2n) is 8.17. The van der Waals surface area contributed by atoms with E-state index in [2.05, 4.69) is 16.7 Å².